The lowest BCUT2D eigenvalue weighted by Crippen LogP contribution is -2.53. The molecule has 2 aliphatic heterocycles. The van der Waals surface area contributed by atoms with E-state index in [1.54, 1.807) is 12.1 Å². The van der Waals surface area contributed by atoms with Gasteiger partial charge in [0.2, 0.25) is 11.8 Å². The predicted octanol–water partition coefficient (Wildman–Crippen LogP) is -0.778. The first-order valence-electron chi connectivity index (χ1n) is 12.7. The van der Waals surface area contributed by atoms with Gasteiger partial charge in [0, 0.05) is 26.2 Å². The molecule has 210 valence electrons. The van der Waals surface area contributed by atoms with Gasteiger partial charge in [0.25, 0.3) is 11.8 Å². The quantitative estimate of drug-likeness (QED) is 0.146. The number of aliphatic hydroxyl groups excluding tert-OH is 1. The molecule has 2 atom stereocenters. The third-order valence-electron chi connectivity index (χ3n) is 5.98. The fourth-order valence-electron chi connectivity index (χ4n) is 4.10. The normalized spacial score (nSPS) is 18.9. The van der Waals surface area contributed by atoms with Crippen molar-refractivity contribution in [2.75, 3.05) is 59.3 Å². The van der Waals surface area contributed by atoms with Gasteiger partial charge in [-0.1, -0.05) is 6.07 Å². The molecule has 13 heteroatoms. The van der Waals surface area contributed by atoms with Gasteiger partial charge >= 0.3 is 0 Å². The van der Waals surface area contributed by atoms with E-state index < -0.39 is 30.0 Å². The first-order chi connectivity index (χ1) is 18.4. The van der Waals surface area contributed by atoms with Crippen LogP contribution in [0.15, 0.2) is 18.2 Å². The summed E-state index contributed by atoms with van der Waals surface area (Å²) < 4.78 is 21.8. The first-order valence-corrected chi connectivity index (χ1v) is 12.7. The maximum Gasteiger partial charge on any atom is 0.257 e. The van der Waals surface area contributed by atoms with Crippen molar-refractivity contribution in [1.29, 1.82) is 0 Å². The number of amides is 4. The maximum atomic E-state index is 12.9. The van der Waals surface area contributed by atoms with Gasteiger partial charge in [-0.2, -0.15) is 0 Å². The van der Waals surface area contributed by atoms with Gasteiger partial charge in [0.15, 0.2) is 12.8 Å². The highest BCUT2D eigenvalue weighted by Crippen LogP contribution is 2.40. The van der Waals surface area contributed by atoms with Crippen LogP contribution in [0.25, 0.3) is 0 Å². The highest BCUT2D eigenvalue weighted by Gasteiger charge is 2.45. The fourth-order valence-corrected chi connectivity index (χ4v) is 4.10. The Balaban J connectivity index is 1.34. The van der Waals surface area contributed by atoms with Crippen LogP contribution in [0.5, 0.6) is 5.75 Å². The summed E-state index contributed by atoms with van der Waals surface area (Å²) in [6.07, 6.45) is 0.168. The fraction of sp³-hybridized carbons (Fsp3) is 0.600. The number of nitrogens with one attached hydrogen (secondary N) is 2. The van der Waals surface area contributed by atoms with E-state index in [1.165, 1.54) is 6.07 Å². The molecular weight excluding hydrogens is 500 g/mol. The second-order valence-electron chi connectivity index (χ2n) is 8.74. The second-order valence-corrected chi connectivity index (χ2v) is 8.74. The van der Waals surface area contributed by atoms with Crippen LogP contribution in [0.4, 0.5) is 0 Å². The molecule has 2 unspecified atom stereocenters. The Morgan fingerprint density at radius 1 is 1.05 bits per heavy atom. The summed E-state index contributed by atoms with van der Waals surface area (Å²) >= 11 is 0. The summed E-state index contributed by atoms with van der Waals surface area (Å²) in [6, 6.07) is 3.65. The zero-order chi connectivity index (χ0) is 27.3. The van der Waals surface area contributed by atoms with Gasteiger partial charge in [-0.15, -0.1) is 0 Å². The van der Waals surface area contributed by atoms with Crippen molar-refractivity contribution >= 4 is 23.6 Å². The molecule has 1 fully saturated rings. The molecule has 2 aliphatic rings. The zero-order valence-corrected chi connectivity index (χ0v) is 21.3. The molecule has 2 heterocycles. The number of carbonyl (C=O) groups excluding carboxylic acids is 4. The Bertz CT molecular complexity index is 974. The lowest BCUT2D eigenvalue weighted by Gasteiger charge is -2.32. The standard InChI is InChI=1S/C25H36N4O9/c26-8-2-10-35-12-14-37-15-13-36-11-3-9-27-21(31)16-38-19-5-1-4-17-22(19)25(34)29(24(17)33)18-6-7-20(30)28-23(18)32/h1,4-5,18,25,34H,2-3,6-16,26H2,(H,27,31)(H,28,30,32). The minimum Gasteiger partial charge on any atom is -0.483 e. The Kier molecular flexibility index (Phi) is 11.9. The van der Waals surface area contributed by atoms with Crippen LogP contribution in [-0.2, 0) is 28.6 Å². The average Bonchev–Trinajstić information content (AvgIpc) is 3.15. The van der Waals surface area contributed by atoms with Crippen LogP contribution in [-0.4, -0.2) is 99.0 Å². The molecule has 0 saturated carbocycles. The Morgan fingerprint density at radius 3 is 2.42 bits per heavy atom. The average molecular weight is 537 g/mol. The first kappa shape index (κ1) is 29.5. The monoisotopic (exact) mass is 536 g/mol. The molecule has 1 saturated heterocycles. The SMILES string of the molecule is NCCCOCCOCCOCCCNC(=O)COc1cccc2c1C(O)N(C1CCC(=O)NC1=O)C2=O. The summed E-state index contributed by atoms with van der Waals surface area (Å²) in [4.78, 5) is 49.9. The number of piperidine rings is 1. The molecule has 0 bridgehead atoms. The van der Waals surface area contributed by atoms with Crippen molar-refractivity contribution in [2.45, 2.75) is 38.0 Å². The minimum atomic E-state index is -1.44. The number of carbonyl (C=O) groups is 4. The van der Waals surface area contributed by atoms with Crippen molar-refractivity contribution in [2.24, 2.45) is 5.73 Å². The van der Waals surface area contributed by atoms with E-state index in [4.69, 9.17) is 24.7 Å². The van der Waals surface area contributed by atoms with Crippen LogP contribution in [0.2, 0.25) is 0 Å². The summed E-state index contributed by atoms with van der Waals surface area (Å²) in [5.41, 5.74) is 5.75. The van der Waals surface area contributed by atoms with Gasteiger partial charge < -0.3 is 35.1 Å². The number of benzene rings is 1. The highest BCUT2D eigenvalue weighted by molar-refractivity contribution is 6.06. The number of ether oxygens (including phenoxy) is 4. The van der Waals surface area contributed by atoms with Crippen molar-refractivity contribution in [3.63, 3.8) is 0 Å². The maximum absolute atomic E-state index is 12.9. The molecule has 38 heavy (non-hydrogen) atoms. The third-order valence-corrected chi connectivity index (χ3v) is 5.98. The largest absolute Gasteiger partial charge is 0.483 e. The minimum absolute atomic E-state index is 0.0665. The van der Waals surface area contributed by atoms with E-state index in [1.807, 2.05) is 0 Å². The topological polar surface area (TPSA) is 179 Å². The summed E-state index contributed by atoms with van der Waals surface area (Å²) in [6.45, 7) is 3.66. The van der Waals surface area contributed by atoms with Crippen molar-refractivity contribution < 1.29 is 43.2 Å². The molecule has 3 rings (SSSR count). The number of hydrogen-bond donors (Lipinski definition) is 4. The van der Waals surface area contributed by atoms with E-state index in [-0.39, 0.29) is 42.2 Å². The molecule has 13 nitrogen and oxygen atoms in total. The Hall–Kier alpha value is -3.10. The van der Waals surface area contributed by atoms with E-state index in [0.717, 1.165) is 11.3 Å². The molecule has 0 spiro atoms. The summed E-state index contributed by atoms with van der Waals surface area (Å²) in [7, 11) is 0. The third kappa shape index (κ3) is 8.20. The van der Waals surface area contributed by atoms with Crippen LogP contribution >= 0.6 is 0 Å². The number of nitrogens with zero attached hydrogens (tertiary/aromatic N) is 1. The zero-order valence-electron chi connectivity index (χ0n) is 21.3. The van der Waals surface area contributed by atoms with Gasteiger partial charge in [0.1, 0.15) is 11.8 Å². The smallest absolute Gasteiger partial charge is 0.257 e. The van der Waals surface area contributed by atoms with Crippen LogP contribution in [0, 0.1) is 0 Å². The predicted molar refractivity (Wildman–Crippen MR) is 133 cm³/mol. The van der Waals surface area contributed by atoms with Crippen molar-refractivity contribution in [1.82, 2.24) is 15.5 Å². The number of rotatable bonds is 17. The molecule has 4 amide bonds. The number of fused-ring (bicyclic) bond motifs is 1. The Labute approximate surface area is 220 Å². The molecule has 1 aromatic rings. The van der Waals surface area contributed by atoms with Crippen LogP contribution < -0.4 is 21.1 Å². The Morgan fingerprint density at radius 2 is 1.74 bits per heavy atom. The molecule has 5 N–H and O–H groups in total. The summed E-state index contributed by atoms with van der Waals surface area (Å²) in [5.74, 6) is -1.80. The lowest BCUT2D eigenvalue weighted by atomic mass is 10.0. The van der Waals surface area contributed by atoms with E-state index in [9.17, 15) is 24.3 Å². The van der Waals surface area contributed by atoms with Crippen molar-refractivity contribution in [3.8, 4) is 5.75 Å². The van der Waals surface area contributed by atoms with Gasteiger partial charge in [0.05, 0.1) is 37.6 Å². The van der Waals surface area contributed by atoms with E-state index >= 15 is 0 Å². The number of nitrogens with two attached hydrogens (primary N) is 1. The van der Waals surface area contributed by atoms with Crippen LogP contribution in [0.1, 0.15) is 47.8 Å². The van der Waals surface area contributed by atoms with Gasteiger partial charge in [-0.25, -0.2) is 0 Å². The summed E-state index contributed by atoms with van der Waals surface area (Å²) in [5, 5.41) is 15.8. The molecular formula is C25H36N4O9. The second kappa shape index (κ2) is 15.3. The van der Waals surface area contributed by atoms with Gasteiger partial charge in [-0.3, -0.25) is 29.4 Å². The van der Waals surface area contributed by atoms with Crippen molar-refractivity contribution in [3.05, 3.63) is 29.3 Å². The number of hydrogen-bond acceptors (Lipinski definition) is 10. The molecule has 0 radical (unpaired) electrons. The van der Waals surface area contributed by atoms with Gasteiger partial charge in [-0.05, 0) is 37.9 Å². The number of imide groups is 1. The molecule has 0 aliphatic carbocycles. The van der Waals surface area contributed by atoms with Crippen LogP contribution in [0.3, 0.4) is 0 Å². The highest BCUT2D eigenvalue weighted by atomic mass is 16.5. The van der Waals surface area contributed by atoms with E-state index in [0.29, 0.717) is 59.2 Å². The molecule has 1 aromatic carbocycles. The van der Waals surface area contributed by atoms with E-state index in [2.05, 4.69) is 10.6 Å². The lowest BCUT2D eigenvalue weighted by molar-refractivity contribution is -0.139. The number of aliphatic hydroxyl groups is 1. The molecule has 0 aromatic heterocycles.